The summed E-state index contributed by atoms with van der Waals surface area (Å²) in [6, 6.07) is 7.51. The first-order valence-corrected chi connectivity index (χ1v) is 8.97. The lowest BCUT2D eigenvalue weighted by Crippen LogP contribution is -2.28. The lowest BCUT2D eigenvalue weighted by Gasteiger charge is -2.20. The van der Waals surface area contributed by atoms with E-state index in [1.54, 1.807) is 13.0 Å². The quantitative estimate of drug-likeness (QED) is 0.578. The molecule has 0 bridgehead atoms. The van der Waals surface area contributed by atoms with E-state index in [2.05, 4.69) is 5.32 Å². The number of hydrogen-bond donors (Lipinski definition) is 1. The average molecular weight is 383 g/mol. The molecular formula is C22H25NO5. The zero-order chi connectivity index (χ0) is 20.8. The number of methoxy groups -OCH3 is 2. The molecule has 6 heteroatoms. The molecular weight excluding hydrogens is 358 g/mol. The third-order valence-corrected chi connectivity index (χ3v) is 4.28. The molecule has 1 aromatic carbocycles. The van der Waals surface area contributed by atoms with Gasteiger partial charge in [-0.05, 0) is 38.0 Å². The van der Waals surface area contributed by atoms with E-state index in [0.717, 1.165) is 11.1 Å². The van der Waals surface area contributed by atoms with Gasteiger partial charge in [-0.25, -0.2) is 0 Å². The van der Waals surface area contributed by atoms with Crippen molar-refractivity contribution in [1.82, 2.24) is 5.32 Å². The maximum absolute atomic E-state index is 12.7. The van der Waals surface area contributed by atoms with Crippen LogP contribution in [0.5, 0.6) is 0 Å². The maximum Gasteiger partial charge on any atom is 0.244 e. The van der Waals surface area contributed by atoms with Gasteiger partial charge in [0.1, 0.15) is 0 Å². The Morgan fingerprint density at radius 3 is 2.36 bits per heavy atom. The number of carbonyl (C=O) groups is 3. The van der Waals surface area contributed by atoms with E-state index in [0.29, 0.717) is 11.1 Å². The fourth-order valence-electron chi connectivity index (χ4n) is 2.92. The van der Waals surface area contributed by atoms with Crippen molar-refractivity contribution in [2.24, 2.45) is 0 Å². The van der Waals surface area contributed by atoms with Crippen molar-refractivity contribution < 1.29 is 23.9 Å². The van der Waals surface area contributed by atoms with Crippen molar-refractivity contribution in [3.8, 4) is 0 Å². The molecule has 1 amide bonds. The van der Waals surface area contributed by atoms with Crippen molar-refractivity contribution in [3.63, 3.8) is 0 Å². The second-order valence-electron chi connectivity index (χ2n) is 6.75. The van der Waals surface area contributed by atoms with Crippen LogP contribution in [0.1, 0.15) is 31.9 Å². The highest BCUT2D eigenvalue weighted by molar-refractivity contribution is 6.23. The summed E-state index contributed by atoms with van der Waals surface area (Å²) in [5, 5.41) is 2.78. The molecule has 1 N–H and O–H groups in total. The molecule has 0 saturated carbocycles. The third kappa shape index (κ3) is 4.76. The van der Waals surface area contributed by atoms with Crippen LogP contribution in [0.4, 0.5) is 0 Å². The number of carbonyl (C=O) groups excluding carboxylic acids is 3. The smallest absolute Gasteiger partial charge is 0.244 e. The first-order valence-electron chi connectivity index (χ1n) is 8.97. The predicted octanol–water partition coefficient (Wildman–Crippen LogP) is 2.74. The largest absolute Gasteiger partial charge is 0.489 e. The van der Waals surface area contributed by atoms with Gasteiger partial charge in [-0.15, -0.1) is 0 Å². The number of benzene rings is 1. The fourth-order valence-corrected chi connectivity index (χ4v) is 2.92. The Morgan fingerprint density at radius 2 is 1.75 bits per heavy atom. The van der Waals surface area contributed by atoms with Gasteiger partial charge in [0.05, 0.1) is 14.2 Å². The van der Waals surface area contributed by atoms with Gasteiger partial charge in [0.15, 0.2) is 0 Å². The highest BCUT2D eigenvalue weighted by Crippen LogP contribution is 2.28. The summed E-state index contributed by atoms with van der Waals surface area (Å²) in [6.45, 7) is 5.40. The summed E-state index contributed by atoms with van der Waals surface area (Å²) in [5.41, 5.74) is 2.39. The normalized spacial score (nSPS) is 14.9. The Hall–Kier alpha value is -3.15. The van der Waals surface area contributed by atoms with Crippen LogP contribution in [0.2, 0.25) is 0 Å². The number of ketones is 2. The summed E-state index contributed by atoms with van der Waals surface area (Å²) in [6.07, 6.45) is 3.45. The molecule has 0 aromatic heterocycles. The zero-order valence-electron chi connectivity index (χ0n) is 16.8. The van der Waals surface area contributed by atoms with Gasteiger partial charge in [0.2, 0.25) is 29.0 Å². The predicted molar refractivity (Wildman–Crippen MR) is 106 cm³/mol. The summed E-state index contributed by atoms with van der Waals surface area (Å²) in [5.74, 6) is -1.02. The summed E-state index contributed by atoms with van der Waals surface area (Å²) in [7, 11) is 2.68. The lowest BCUT2D eigenvalue weighted by molar-refractivity contribution is -0.121. The Balaban J connectivity index is 2.25. The molecule has 0 spiro atoms. The fraction of sp³-hybridized carbons (Fsp3) is 0.318. The van der Waals surface area contributed by atoms with Crippen LogP contribution in [-0.4, -0.2) is 37.7 Å². The standard InChI is InChI=1S/C22H25NO5/c1-13(2)23-18(24)10-9-15-7-6-8-16(11-15)12-17-14(3)19(25)21(27-4)22(28-5)20(17)26/h6-11,13H,12H2,1-5H3,(H,23,24). The molecule has 0 atom stereocenters. The maximum atomic E-state index is 12.7. The van der Waals surface area contributed by atoms with Crippen molar-refractivity contribution >= 4 is 23.5 Å². The second kappa shape index (κ2) is 9.17. The van der Waals surface area contributed by atoms with E-state index in [1.807, 2.05) is 38.1 Å². The minimum Gasteiger partial charge on any atom is -0.489 e. The van der Waals surface area contributed by atoms with Gasteiger partial charge in [-0.3, -0.25) is 14.4 Å². The molecule has 28 heavy (non-hydrogen) atoms. The van der Waals surface area contributed by atoms with Crippen LogP contribution in [0, 0.1) is 0 Å². The van der Waals surface area contributed by atoms with E-state index in [1.165, 1.54) is 20.3 Å². The molecule has 0 saturated heterocycles. The highest BCUT2D eigenvalue weighted by Gasteiger charge is 2.34. The van der Waals surface area contributed by atoms with Crippen LogP contribution in [0.15, 0.2) is 53.0 Å². The molecule has 1 aromatic rings. The van der Waals surface area contributed by atoms with Crippen molar-refractivity contribution in [1.29, 1.82) is 0 Å². The van der Waals surface area contributed by atoms with Crippen LogP contribution >= 0.6 is 0 Å². The van der Waals surface area contributed by atoms with Crippen LogP contribution in [0.25, 0.3) is 6.08 Å². The summed E-state index contributed by atoms with van der Waals surface area (Å²) >= 11 is 0. The Kier molecular flexibility index (Phi) is 6.93. The SMILES string of the molecule is COC1=C(OC)C(=O)C(Cc2cccc(C=CC(=O)NC(C)C)c2)=C(C)C1=O. The molecule has 2 rings (SSSR count). The van der Waals surface area contributed by atoms with Crippen molar-refractivity contribution in [2.75, 3.05) is 14.2 Å². The molecule has 0 heterocycles. The summed E-state index contributed by atoms with van der Waals surface area (Å²) in [4.78, 5) is 37.0. The average Bonchev–Trinajstić information content (AvgIpc) is 2.66. The lowest BCUT2D eigenvalue weighted by atomic mass is 9.88. The Labute approximate surface area is 164 Å². The van der Waals surface area contributed by atoms with Gasteiger partial charge in [0.25, 0.3) is 0 Å². The van der Waals surface area contributed by atoms with E-state index in [-0.39, 0.29) is 41.5 Å². The molecule has 0 radical (unpaired) electrons. The number of nitrogens with one attached hydrogen (secondary N) is 1. The highest BCUT2D eigenvalue weighted by atomic mass is 16.5. The Morgan fingerprint density at radius 1 is 1.11 bits per heavy atom. The van der Waals surface area contributed by atoms with Gasteiger partial charge in [-0.2, -0.15) is 0 Å². The van der Waals surface area contributed by atoms with Crippen molar-refractivity contribution in [2.45, 2.75) is 33.2 Å². The number of ether oxygens (including phenoxy) is 2. The number of allylic oxidation sites excluding steroid dienone is 2. The zero-order valence-corrected chi connectivity index (χ0v) is 16.8. The van der Waals surface area contributed by atoms with Crippen LogP contribution in [0.3, 0.4) is 0 Å². The van der Waals surface area contributed by atoms with E-state index >= 15 is 0 Å². The number of amides is 1. The van der Waals surface area contributed by atoms with Gasteiger partial charge < -0.3 is 14.8 Å². The molecule has 0 fully saturated rings. The third-order valence-electron chi connectivity index (χ3n) is 4.28. The first-order chi connectivity index (χ1) is 13.3. The molecule has 1 aliphatic carbocycles. The number of Topliss-reactive ketones (excluding diaryl/α,β-unsaturated/α-hetero) is 2. The van der Waals surface area contributed by atoms with E-state index < -0.39 is 0 Å². The number of rotatable bonds is 7. The molecule has 1 aliphatic rings. The Bertz CT molecular complexity index is 890. The molecule has 6 nitrogen and oxygen atoms in total. The first kappa shape index (κ1) is 21.2. The summed E-state index contributed by atoms with van der Waals surface area (Å²) < 4.78 is 10.2. The van der Waals surface area contributed by atoms with Crippen LogP contribution in [-0.2, 0) is 30.3 Å². The van der Waals surface area contributed by atoms with Crippen LogP contribution < -0.4 is 5.32 Å². The molecule has 0 aliphatic heterocycles. The topological polar surface area (TPSA) is 81.7 Å². The second-order valence-corrected chi connectivity index (χ2v) is 6.75. The molecule has 148 valence electrons. The van der Waals surface area contributed by atoms with Gasteiger partial charge in [-0.1, -0.05) is 24.3 Å². The molecule has 0 unspecified atom stereocenters. The van der Waals surface area contributed by atoms with Gasteiger partial charge in [0, 0.05) is 29.7 Å². The monoisotopic (exact) mass is 383 g/mol. The van der Waals surface area contributed by atoms with Gasteiger partial charge >= 0.3 is 0 Å². The van der Waals surface area contributed by atoms with E-state index in [4.69, 9.17) is 9.47 Å². The minimum absolute atomic E-state index is 0.0632. The number of hydrogen-bond acceptors (Lipinski definition) is 5. The minimum atomic E-state index is -0.353. The van der Waals surface area contributed by atoms with Crippen molar-refractivity contribution in [3.05, 3.63) is 64.1 Å². The van der Waals surface area contributed by atoms with E-state index in [9.17, 15) is 14.4 Å².